The van der Waals surface area contributed by atoms with E-state index in [4.69, 9.17) is 9.47 Å². The molecule has 0 saturated heterocycles. The first-order valence-electron chi connectivity index (χ1n) is 19.4. The number of rotatable bonds is 35. The lowest BCUT2D eigenvalue weighted by Crippen LogP contribution is -2.25. The highest BCUT2D eigenvalue weighted by atomic mass is 16.6. The number of unbranched alkanes of at least 4 members (excludes halogenated alkanes) is 23. The molecule has 0 saturated carbocycles. The molecule has 0 spiro atoms. The Labute approximate surface area is 279 Å². The van der Waals surface area contributed by atoms with Crippen LogP contribution in [0.25, 0.3) is 0 Å². The van der Waals surface area contributed by atoms with Crippen LogP contribution in [0.3, 0.4) is 0 Å². The second-order valence-electron chi connectivity index (χ2n) is 13.1. The zero-order valence-electron chi connectivity index (χ0n) is 29.9. The van der Waals surface area contributed by atoms with Crippen molar-refractivity contribution in [1.29, 1.82) is 0 Å². The molecule has 0 aliphatic carbocycles. The predicted molar refractivity (Wildman–Crippen MR) is 191 cm³/mol. The third-order valence-corrected chi connectivity index (χ3v) is 8.44. The average molecular weight is 635 g/mol. The van der Waals surface area contributed by atoms with E-state index < -0.39 is 6.10 Å². The molecule has 0 aromatic heterocycles. The van der Waals surface area contributed by atoms with Gasteiger partial charge in [-0.2, -0.15) is 0 Å². The summed E-state index contributed by atoms with van der Waals surface area (Å²) in [5, 5.41) is 10.00. The van der Waals surface area contributed by atoms with Crippen molar-refractivity contribution in [3.05, 3.63) is 24.3 Å². The number of carbonyl (C=O) groups is 2. The molecule has 0 heterocycles. The van der Waals surface area contributed by atoms with Gasteiger partial charge >= 0.3 is 11.9 Å². The molecule has 5 nitrogen and oxygen atoms in total. The van der Waals surface area contributed by atoms with E-state index in [0.717, 1.165) is 44.9 Å². The smallest absolute Gasteiger partial charge is 0.305 e. The molecule has 0 fully saturated rings. The van der Waals surface area contributed by atoms with E-state index in [1.807, 2.05) is 0 Å². The van der Waals surface area contributed by atoms with Crippen LogP contribution < -0.4 is 0 Å². The minimum absolute atomic E-state index is 0.116. The molecular formula is C40H74O5. The van der Waals surface area contributed by atoms with E-state index in [-0.39, 0.29) is 25.2 Å². The largest absolute Gasteiger partial charge is 0.463 e. The maximum atomic E-state index is 12.0. The van der Waals surface area contributed by atoms with Crippen LogP contribution in [0.2, 0.25) is 0 Å². The van der Waals surface area contributed by atoms with Crippen molar-refractivity contribution in [3.63, 3.8) is 0 Å². The Balaban J connectivity index is 3.43. The third-order valence-electron chi connectivity index (χ3n) is 8.44. The van der Waals surface area contributed by atoms with Crippen LogP contribution in [0.15, 0.2) is 24.3 Å². The summed E-state index contributed by atoms with van der Waals surface area (Å²) in [6.07, 6.45) is 42.3. The van der Waals surface area contributed by atoms with Crippen LogP contribution in [0.5, 0.6) is 0 Å². The van der Waals surface area contributed by atoms with Crippen molar-refractivity contribution < 1.29 is 24.2 Å². The van der Waals surface area contributed by atoms with Gasteiger partial charge in [-0.1, -0.05) is 167 Å². The van der Waals surface area contributed by atoms with Gasteiger partial charge in [0.15, 0.2) is 0 Å². The highest BCUT2D eigenvalue weighted by Gasteiger charge is 2.12. The van der Waals surface area contributed by atoms with Crippen LogP contribution >= 0.6 is 0 Å². The molecule has 0 aromatic rings. The van der Waals surface area contributed by atoms with Crippen molar-refractivity contribution in [1.82, 2.24) is 0 Å². The van der Waals surface area contributed by atoms with E-state index in [1.165, 1.54) is 128 Å². The lowest BCUT2D eigenvalue weighted by molar-refractivity contribution is -0.152. The van der Waals surface area contributed by atoms with E-state index >= 15 is 0 Å². The van der Waals surface area contributed by atoms with E-state index in [9.17, 15) is 14.7 Å². The predicted octanol–water partition coefficient (Wildman–Crippen LogP) is 11.9. The Bertz CT molecular complexity index is 686. The van der Waals surface area contributed by atoms with Gasteiger partial charge < -0.3 is 14.6 Å². The summed E-state index contributed by atoms with van der Waals surface area (Å²) in [5.41, 5.74) is 0. The quantitative estimate of drug-likeness (QED) is 0.0426. The van der Waals surface area contributed by atoms with Gasteiger partial charge in [-0.05, 0) is 44.9 Å². The highest BCUT2D eigenvalue weighted by molar-refractivity contribution is 5.69. The van der Waals surface area contributed by atoms with E-state index in [2.05, 4.69) is 38.2 Å². The van der Waals surface area contributed by atoms with Crippen LogP contribution in [0.1, 0.15) is 200 Å². The van der Waals surface area contributed by atoms with Gasteiger partial charge in [0, 0.05) is 12.8 Å². The molecule has 1 N–H and O–H groups in total. The molecule has 0 bridgehead atoms. The number of hydrogen-bond donors (Lipinski definition) is 1. The van der Waals surface area contributed by atoms with Crippen LogP contribution in [-0.4, -0.2) is 36.4 Å². The van der Waals surface area contributed by atoms with Gasteiger partial charge in [-0.15, -0.1) is 0 Å². The number of ether oxygens (including phenoxy) is 2. The summed E-state index contributed by atoms with van der Waals surface area (Å²) < 4.78 is 10.3. The summed E-state index contributed by atoms with van der Waals surface area (Å²) >= 11 is 0. The first-order chi connectivity index (χ1) is 22.1. The van der Waals surface area contributed by atoms with Gasteiger partial charge in [-0.25, -0.2) is 0 Å². The molecule has 0 radical (unpaired) electrons. The zero-order chi connectivity index (χ0) is 32.9. The second kappa shape index (κ2) is 36.8. The summed E-state index contributed by atoms with van der Waals surface area (Å²) in [6, 6.07) is 0. The fourth-order valence-corrected chi connectivity index (χ4v) is 5.47. The average Bonchev–Trinajstić information content (AvgIpc) is 3.04. The SMILES string of the molecule is CCCCC/C=C\C/C=C\CCCCCCCC(=O)OCC(O)COC(=O)CCCCCCCCCCCCCCCCCC. The fraction of sp³-hybridized carbons (Fsp3) is 0.850. The number of allylic oxidation sites excluding steroid dienone is 4. The van der Waals surface area contributed by atoms with Crippen molar-refractivity contribution in [3.8, 4) is 0 Å². The van der Waals surface area contributed by atoms with Crippen molar-refractivity contribution in [2.75, 3.05) is 13.2 Å². The van der Waals surface area contributed by atoms with Gasteiger partial charge in [-0.3, -0.25) is 9.59 Å². The van der Waals surface area contributed by atoms with E-state index in [1.54, 1.807) is 0 Å². The molecule has 5 heteroatoms. The lowest BCUT2D eigenvalue weighted by Gasteiger charge is -2.12. The normalized spacial score (nSPS) is 12.3. The topological polar surface area (TPSA) is 72.8 Å². The summed E-state index contributed by atoms with van der Waals surface area (Å²) in [5.74, 6) is -0.574. The Hall–Kier alpha value is -1.62. The summed E-state index contributed by atoms with van der Waals surface area (Å²) in [6.45, 7) is 4.27. The minimum atomic E-state index is -0.965. The number of hydrogen-bond acceptors (Lipinski definition) is 5. The molecule has 0 aliphatic heterocycles. The molecule has 0 aromatic carbocycles. The lowest BCUT2D eigenvalue weighted by atomic mass is 10.0. The zero-order valence-corrected chi connectivity index (χ0v) is 29.9. The molecular weight excluding hydrogens is 560 g/mol. The molecule has 0 rings (SSSR count). The van der Waals surface area contributed by atoms with Crippen LogP contribution in [0, 0.1) is 0 Å². The first kappa shape index (κ1) is 43.4. The van der Waals surface area contributed by atoms with Gasteiger partial charge in [0.05, 0.1) is 0 Å². The molecule has 45 heavy (non-hydrogen) atoms. The highest BCUT2D eigenvalue weighted by Crippen LogP contribution is 2.14. The summed E-state index contributed by atoms with van der Waals surface area (Å²) in [4.78, 5) is 23.9. The molecule has 0 aliphatic rings. The monoisotopic (exact) mass is 635 g/mol. The van der Waals surface area contributed by atoms with Crippen molar-refractivity contribution in [2.24, 2.45) is 0 Å². The van der Waals surface area contributed by atoms with Crippen LogP contribution in [0.4, 0.5) is 0 Å². The Kier molecular flexibility index (Phi) is 35.5. The van der Waals surface area contributed by atoms with Crippen molar-refractivity contribution in [2.45, 2.75) is 206 Å². The summed E-state index contributed by atoms with van der Waals surface area (Å²) in [7, 11) is 0. The van der Waals surface area contributed by atoms with Gasteiger partial charge in [0.25, 0.3) is 0 Å². The van der Waals surface area contributed by atoms with Gasteiger partial charge in [0.1, 0.15) is 19.3 Å². The number of esters is 2. The molecule has 0 amide bonds. The maximum absolute atomic E-state index is 12.0. The third kappa shape index (κ3) is 36.7. The van der Waals surface area contributed by atoms with Crippen molar-refractivity contribution >= 4 is 11.9 Å². The molecule has 1 atom stereocenters. The number of aliphatic hydroxyl groups excluding tert-OH is 1. The van der Waals surface area contributed by atoms with Crippen LogP contribution in [-0.2, 0) is 19.1 Å². The number of carbonyl (C=O) groups excluding carboxylic acids is 2. The van der Waals surface area contributed by atoms with E-state index in [0.29, 0.717) is 12.8 Å². The first-order valence-corrected chi connectivity index (χ1v) is 19.4. The standard InChI is InChI=1S/C40H74O5/c1-3-5-7-9-11-13-15-17-19-21-23-25-27-29-31-33-35-40(43)45-37-38(41)36-44-39(42)34-32-30-28-26-24-22-20-18-16-14-12-10-8-6-4-2/h12,14,18,20,38,41H,3-11,13,15-17,19,21-37H2,1-2H3/b14-12-,20-18-. The molecule has 264 valence electrons. The molecule has 1 unspecified atom stereocenters. The maximum Gasteiger partial charge on any atom is 0.305 e. The Morgan fingerprint density at radius 3 is 1.18 bits per heavy atom. The number of aliphatic hydroxyl groups is 1. The minimum Gasteiger partial charge on any atom is -0.463 e. The fourth-order valence-electron chi connectivity index (χ4n) is 5.47. The Morgan fingerprint density at radius 2 is 0.778 bits per heavy atom. The van der Waals surface area contributed by atoms with Gasteiger partial charge in [0.2, 0.25) is 0 Å². The second-order valence-corrected chi connectivity index (χ2v) is 13.1. The Morgan fingerprint density at radius 1 is 0.467 bits per heavy atom.